The number of ether oxygens (including phenoxy) is 5. The molecule has 49 heavy (non-hydrogen) atoms. The molecular weight excluding hydrogens is 743 g/mol. The highest BCUT2D eigenvalue weighted by molar-refractivity contribution is 14.1. The number of hydrogen-bond acceptors (Lipinski definition) is 10. The Kier molecular flexibility index (Phi) is 11.8. The summed E-state index contributed by atoms with van der Waals surface area (Å²) in [5.74, 6) is 1.33. The third kappa shape index (κ3) is 8.72. The van der Waals surface area contributed by atoms with Gasteiger partial charge in [0.25, 0.3) is 0 Å². The zero-order valence-electron chi connectivity index (χ0n) is 27.4. The van der Waals surface area contributed by atoms with Crippen molar-refractivity contribution >= 4 is 51.6 Å². The van der Waals surface area contributed by atoms with Gasteiger partial charge in [-0.2, -0.15) is 5.10 Å². The van der Waals surface area contributed by atoms with Crippen LogP contribution in [0.3, 0.4) is 0 Å². The number of hydrazone groups is 1. The predicted molar refractivity (Wildman–Crippen MR) is 193 cm³/mol. The highest BCUT2D eigenvalue weighted by Crippen LogP contribution is 2.36. The number of carbonyl (C=O) groups is 2. The summed E-state index contributed by atoms with van der Waals surface area (Å²) in [6, 6.07) is 21.9. The molecule has 1 aliphatic rings. The summed E-state index contributed by atoms with van der Waals surface area (Å²) in [6.07, 6.45) is 0.402. The minimum Gasteiger partial charge on any atom is -0.493 e. The first kappa shape index (κ1) is 35.3. The number of hydrogen-bond donors (Lipinski definition) is 4. The maximum Gasteiger partial charge on any atom is 0.337 e. The molecule has 0 radical (unpaired) electrons. The van der Waals surface area contributed by atoms with Crippen molar-refractivity contribution < 1.29 is 38.4 Å². The molecule has 0 fully saturated rings. The zero-order valence-corrected chi connectivity index (χ0v) is 29.6. The fourth-order valence-electron chi connectivity index (χ4n) is 5.26. The van der Waals surface area contributed by atoms with Crippen molar-refractivity contribution in [3.8, 4) is 23.0 Å². The van der Waals surface area contributed by atoms with Gasteiger partial charge in [-0.15, -0.1) is 0 Å². The molecule has 0 bridgehead atoms. The molecule has 0 spiro atoms. The summed E-state index contributed by atoms with van der Waals surface area (Å²) in [5.41, 5.74) is 5.68. The molecular formula is C36H37IN4O8. The van der Waals surface area contributed by atoms with E-state index in [0.717, 1.165) is 20.1 Å². The van der Waals surface area contributed by atoms with Gasteiger partial charge < -0.3 is 39.4 Å². The first-order valence-electron chi connectivity index (χ1n) is 15.4. The molecule has 13 heteroatoms. The number of carbonyl (C=O) groups excluding carboxylic acids is 2. The molecule has 0 aliphatic carbocycles. The number of urea groups is 1. The molecule has 0 unspecified atom stereocenters. The Bertz CT molecular complexity index is 1900. The lowest BCUT2D eigenvalue weighted by Gasteiger charge is -2.28. The lowest BCUT2D eigenvalue weighted by Crippen LogP contribution is -2.45. The van der Waals surface area contributed by atoms with Crippen LogP contribution < -0.4 is 35.0 Å². The molecule has 4 aromatic rings. The summed E-state index contributed by atoms with van der Waals surface area (Å²) in [5, 5.41) is 22.4. The Labute approximate surface area is 297 Å². The maximum absolute atomic E-state index is 12.5. The highest BCUT2D eigenvalue weighted by Gasteiger charge is 2.32. The SMILES string of the molecule is CCOc1cc([C@H]2NC(=O)NC(C)=C2C(=O)OC)ccc1OC[C@H](O)N/N=C\c1cc(I)c(OCc2ccc3ccccc3c2)c(OC)c1. The largest absolute Gasteiger partial charge is 0.493 e. The van der Waals surface area contributed by atoms with Gasteiger partial charge in [0, 0.05) is 5.70 Å². The predicted octanol–water partition coefficient (Wildman–Crippen LogP) is 5.55. The second-order valence-corrected chi connectivity index (χ2v) is 12.1. The van der Waals surface area contributed by atoms with Gasteiger partial charge in [0.1, 0.15) is 13.2 Å². The van der Waals surface area contributed by atoms with Gasteiger partial charge in [0.15, 0.2) is 29.2 Å². The van der Waals surface area contributed by atoms with Crippen molar-refractivity contribution in [1.29, 1.82) is 0 Å². The average molecular weight is 781 g/mol. The monoisotopic (exact) mass is 780 g/mol. The van der Waals surface area contributed by atoms with Gasteiger partial charge >= 0.3 is 12.0 Å². The second-order valence-electron chi connectivity index (χ2n) is 10.9. The van der Waals surface area contributed by atoms with E-state index in [1.165, 1.54) is 12.5 Å². The van der Waals surface area contributed by atoms with Gasteiger partial charge in [-0.25, -0.2) is 9.59 Å². The number of methoxy groups -OCH3 is 2. The maximum atomic E-state index is 12.5. The summed E-state index contributed by atoms with van der Waals surface area (Å²) >= 11 is 2.19. The van der Waals surface area contributed by atoms with Gasteiger partial charge in [-0.3, -0.25) is 5.43 Å². The average Bonchev–Trinajstić information content (AvgIpc) is 3.09. The van der Waals surface area contributed by atoms with E-state index in [9.17, 15) is 14.7 Å². The number of halogens is 1. The molecule has 2 atom stereocenters. The van der Waals surface area contributed by atoms with E-state index in [-0.39, 0.29) is 12.2 Å². The number of benzene rings is 4. The van der Waals surface area contributed by atoms with Crippen LogP contribution in [0.15, 0.2) is 89.2 Å². The van der Waals surface area contributed by atoms with Crippen molar-refractivity contribution in [3.63, 3.8) is 0 Å². The molecule has 0 saturated carbocycles. The van der Waals surface area contributed by atoms with E-state index in [4.69, 9.17) is 23.7 Å². The summed E-state index contributed by atoms with van der Waals surface area (Å²) in [7, 11) is 2.86. The van der Waals surface area contributed by atoms with Crippen LogP contribution in [0.25, 0.3) is 10.8 Å². The Morgan fingerprint density at radius 1 is 1.00 bits per heavy atom. The van der Waals surface area contributed by atoms with E-state index >= 15 is 0 Å². The zero-order chi connectivity index (χ0) is 34.9. The standard InChI is InChI=1S/C36H37IN4O8/c1-5-47-29-17-26(33-32(35(43)46-4)21(2)39-36(44)40-33)12-13-28(29)48-20-31(42)41-38-18-23-15-27(37)34(30(16-23)45-3)49-19-22-10-11-24-8-6-7-9-25(24)14-22/h6-18,31,33,41-42H,5,19-20H2,1-4H3,(H2,39,40,44)/b38-18-/t31-,33+/m0/s1. The second kappa shape index (κ2) is 16.4. The summed E-state index contributed by atoms with van der Waals surface area (Å²) in [6.45, 7) is 4.00. The van der Waals surface area contributed by atoms with Crippen LogP contribution in [0, 0.1) is 3.57 Å². The Hall–Kier alpha value is -5.02. The van der Waals surface area contributed by atoms with Crippen LogP contribution in [0.5, 0.6) is 23.0 Å². The number of esters is 1. The van der Waals surface area contributed by atoms with Crippen molar-refractivity contribution in [2.75, 3.05) is 27.4 Å². The van der Waals surface area contributed by atoms with Gasteiger partial charge in [0.2, 0.25) is 0 Å². The number of rotatable bonds is 14. The van der Waals surface area contributed by atoms with E-state index in [1.807, 2.05) is 31.2 Å². The van der Waals surface area contributed by atoms with Crippen LogP contribution in [-0.2, 0) is 16.1 Å². The molecule has 12 nitrogen and oxygen atoms in total. The van der Waals surface area contributed by atoms with Crippen LogP contribution in [0.1, 0.15) is 36.6 Å². The lowest BCUT2D eigenvalue weighted by atomic mass is 9.95. The van der Waals surface area contributed by atoms with Crippen LogP contribution >= 0.6 is 22.6 Å². The Morgan fingerprint density at radius 3 is 2.55 bits per heavy atom. The first-order chi connectivity index (χ1) is 23.7. The number of allylic oxidation sites excluding steroid dienone is 1. The molecule has 1 heterocycles. The highest BCUT2D eigenvalue weighted by atomic mass is 127. The Morgan fingerprint density at radius 2 is 1.80 bits per heavy atom. The van der Waals surface area contributed by atoms with Crippen molar-refractivity contribution in [1.82, 2.24) is 16.1 Å². The van der Waals surface area contributed by atoms with Gasteiger partial charge in [-0.05, 0) is 94.2 Å². The van der Waals surface area contributed by atoms with Crippen LogP contribution in [0.2, 0.25) is 0 Å². The quantitative estimate of drug-likeness (QED) is 0.0425. The van der Waals surface area contributed by atoms with Crippen LogP contribution in [0.4, 0.5) is 4.79 Å². The van der Waals surface area contributed by atoms with E-state index in [0.29, 0.717) is 47.5 Å². The van der Waals surface area contributed by atoms with E-state index in [2.05, 4.69) is 68.0 Å². The Balaban J connectivity index is 1.20. The first-order valence-corrected chi connectivity index (χ1v) is 16.5. The fourth-order valence-corrected chi connectivity index (χ4v) is 6.04. The van der Waals surface area contributed by atoms with Crippen molar-refractivity contribution in [3.05, 3.63) is 104 Å². The summed E-state index contributed by atoms with van der Waals surface area (Å²) in [4.78, 5) is 24.7. The molecule has 2 amide bonds. The molecule has 4 N–H and O–H groups in total. The number of aliphatic hydroxyl groups is 1. The molecule has 0 saturated heterocycles. The molecule has 1 aliphatic heterocycles. The number of amides is 2. The van der Waals surface area contributed by atoms with Crippen molar-refractivity contribution in [2.45, 2.75) is 32.7 Å². The van der Waals surface area contributed by atoms with Gasteiger partial charge in [-0.1, -0.05) is 42.5 Å². The summed E-state index contributed by atoms with van der Waals surface area (Å²) < 4.78 is 29.2. The minimum atomic E-state index is -1.16. The van der Waals surface area contributed by atoms with Crippen molar-refractivity contribution in [2.24, 2.45) is 5.10 Å². The number of fused-ring (bicyclic) bond motifs is 1. The van der Waals surface area contributed by atoms with E-state index < -0.39 is 24.3 Å². The lowest BCUT2D eigenvalue weighted by molar-refractivity contribution is -0.136. The molecule has 0 aromatic heterocycles. The normalized spacial score (nSPS) is 15.0. The smallest absolute Gasteiger partial charge is 0.337 e. The number of nitrogens with zero attached hydrogens (tertiary/aromatic N) is 1. The molecule has 4 aromatic carbocycles. The van der Waals surface area contributed by atoms with E-state index in [1.54, 1.807) is 44.5 Å². The van der Waals surface area contributed by atoms with Crippen LogP contribution in [-0.4, -0.2) is 57.0 Å². The molecule has 256 valence electrons. The third-order valence-electron chi connectivity index (χ3n) is 7.56. The molecule has 5 rings (SSSR count). The number of nitrogens with one attached hydrogen (secondary N) is 3. The fraction of sp³-hybridized carbons (Fsp3) is 0.250. The topological polar surface area (TPSA) is 149 Å². The number of aliphatic hydroxyl groups excluding tert-OH is 1. The third-order valence-corrected chi connectivity index (χ3v) is 8.36. The minimum absolute atomic E-state index is 0.157. The van der Waals surface area contributed by atoms with Gasteiger partial charge in [0.05, 0.1) is 42.2 Å².